The van der Waals surface area contributed by atoms with Crippen LogP contribution in [0.5, 0.6) is 0 Å². The molecule has 0 aliphatic heterocycles. The van der Waals surface area contributed by atoms with Crippen LogP contribution >= 0.6 is 0 Å². The molecule has 112 valence electrons. The average molecular weight is 280 g/mol. The van der Waals surface area contributed by atoms with Crippen molar-refractivity contribution in [2.45, 2.75) is 60.8 Å². The minimum atomic E-state index is 1.10. The van der Waals surface area contributed by atoms with Crippen molar-refractivity contribution >= 4 is 0 Å². The minimum Gasteiger partial charge on any atom is -0.0613 e. The first-order chi connectivity index (χ1) is 10.0. The fourth-order valence-electron chi connectivity index (χ4n) is 3.15. The fraction of sp³-hybridized carbons (Fsp3) is 0.429. The lowest BCUT2D eigenvalue weighted by atomic mass is 9.87. The lowest BCUT2D eigenvalue weighted by Gasteiger charge is -2.18. The van der Waals surface area contributed by atoms with E-state index < -0.39 is 0 Å². The molecule has 21 heavy (non-hydrogen) atoms. The van der Waals surface area contributed by atoms with E-state index in [-0.39, 0.29) is 0 Å². The van der Waals surface area contributed by atoms with Gasteiger partial charge in [0.15, 0.2) is 0 Å². The highest BCUT2D eigenvalue weighted by molar-refractivity contribution is 5.73. The van der Waals surface area contributed by atoms with Crippen LogP contribution in [0.3, 0.4) is 0 Å². The van der Waals surface area contributed by atoms with Gasteiger partial charge in [-0.1, -0.05) is 45.0 Å². The summed E-state index contributed by atoms with van der Waals surface area (Å²) >= 11 is 0. The second kappa shape index (κ2) is 6.47. The lowest BCUT2D eigenvalue weighted by molar-refractivity contribution is 1.05. The SMILES string of the molecule is CCc1cc(CC)c(-c2cc(C)c(C)c(C)c2)c(CC)c1. The van der Waals surface area contributed by atoms with Gasteiger partial charge >= 0.3 is 0 Å². The summed E-state index contributed by atoms with van der Waals surface area (Å²) in [6.45, 7) is 13.5. The van der Waals surface area contributed by atoms with Crippen LogP contribution in [-0.2, 0) is 19.3 Å². The van der Waals surface area contributed by atoms with Crippen molar-refractivity contribution in [1.29, 1.82) is 0 Å². The van der Waals surface area contributed by atoms with E-state index in [4.69, 9.17) is 0 Å². The molecule has 0 aliphatic carbocycles. The molecule has 2 aromatic rings. The molecule has 0 spiro atoms. The molecular weight excluding hydrogens is 252 g/mol. The Balaban J connectivity index is 2.73. The van der Waals surface area contributed by atoms with Gasteiger partial charge in [-0.15, -0.1) is 0 Å². The third-order valence-corrected chi connectivity index (χ3v) is 4.75. The molecule has 0 radical (unpaired) electrons. The van der Waals surface area contributed by atoms with Crippen molar-refractivity contribution in [2.75, 3.05) is 0 Å². The largest absolute Gasteiger partial charge is 0.0613 e. The molecule has 0 atom stereocenters. The Hall–Kier alpha value is -1.56. The van der Waals surface area contributed by atoms with Gasteiger partial charge < -0.3 is 0 Å². The molecule has 0 saturated carbocycles. The van der Waals surface area contributed by atoms with E-state index in [2.05, 4.69) is 65.8 Å². The van der Waals surface area contributed by atoms with E-state index >= 15 is 0 Å². The summed E-state index contributed by atoms with van der Waals surface area (Å²) in [5.41, 5.74) is 11.5. The van der Waals surface area contributed by atoms with Crippen LogP contribution in [0.4, 0.5) is 0 Å². The van der Waals surface area contributed by atoms with Gasteiger partial charge in [0.2, 0.25) is 0 Å². The third kappa shape index (κ3) is 3.05. The summed E-state index contributed by atoms with van der Waals surface area (Å²) in [7, 11) is 0. The maximum Gasteiger partial charge on any atom is -0.0120 e. The van der Waals surface area contributed by atoms with Gasteiger partial charge in [0.1, 0.15) is 0 Å². The maximum absolute atomic E-state index is 2.40. The Morgan fingerprint density at radius 2 is 1.14 bits per heavy atom. The zero-order chi connectivity index (χ0) is 15.6. The Morgan fingerprint density at radius 3 is 1.52 bits per heavy atom. The molecule has 2 rings (SSSR count). The molecule has 0 aromatic heterocycles. The van der Waals surface area contributed by atoms with Crippen LogP contribution in [0, 0.1) is 20.8 Å². The Labute approximate surface area is 130 Å². The monoisotopic (exact) mass is 280 g/mol. The molecule has 0 amide bonds. The van der Waals surface area contributed by atoms with Gasteiger partial charge in [-0.3, -0.25) is 0 Å². The number of rotatable bonds is 4. The smallest absolute Gasteiger partial charge is 0.0120 e. The number of aryl methyl sites for hydroxylation is 5. The van der Waals surface area contributed by atoms with E-state index in [1.54, 1.807) is 0 Å². The van der Waals surface area contributed by atoms with Gasteiger partial charge in [0, 0.05) is 0 Å². The molecule has 0 bridgehead atoms. The quantitative estimate of drug-likeness (QED) is 0.647. The molecular formula is C21H28. The first-order valence-corrected chi connectivity index (χ1v) is 8.24. The second-order valence-corrected chi connectivity index (χ2v) is 6.08. The lowest BCUT2D eigenvalue weighted by Crippen LogP contribution is -1.99. The van der Waals surface area contributed by atoms with Crippen molar-refractivity contribution in [3.05, 3.63) is 57.6 Å². The highest BCUT2D eigenvalue weighted by Gasteiger charge is 2.12. The van der Waals surface area contributed by atoms with Crippen molar-refractivity contribution in [3.63, 3.8) is 0 Å². The third-order valence-electron chi connectivity index (χ3n) is 4.75. The standard InChI is InChI=1S/C21H28/c1-7-17-12-18(8-2)21(19(9-3)13-17)20-10-14(4)16(6)15(5)11-20/h10-13H,7-9H2,1-6H3. The summed E-state index contributed by atoms with van der Waals surface area (Å²) < 4.78 is 0. The van der Waals surface area contributed by atoms with Crippen molar-refractivity contribution < 1.29 is 0 Å². The Kier molecular flexibility index (Phi) is 4.88. The van der Waals surface area contributed by atoms with Gasteiger partial charge in [-0.25, -0.2) is 0 Å². The van der Waals surface area contributed by atoms with Crippen LogP contribution in [0.1, 0.15) is 54.2 Å². The highest BCUT2D eigenvalue weighted by atomic mass is 14.2. The van der Waals surface area contributed by atoms with Crippen molar-refractivity contribution in [1.82, 2.24) is 0 Å². The van der Waals surface area contributed by atoms with E-state index in [1.165, 1.54) is 44.5 Å². The second-order valence-electron chi connectivity index (χ2n) is 6.08. The summed E-state index contributed by atoms with van der Waals surface area (Å²) in [5, 5.41) is 0. The van der Waals surface area contributed by atoms with Crippen molar-refractivity contribution in [3.8, 4) is 11.1 Å². The molecule has 0 N–H and O–H groups in total. The molecule has 0 unspecified atom stereocenters. The van der Waals surface area contributed by atoms with Gasteiger partial charge in [0.25, 0.3) is 0 Å². The van der Waals surface area contributed by atoms with Gasteiger partial charge in [0.05, 0.1) is 0 Å². The number of hydrogen-bond donors (Lipinski definition) is 0. The summed E-state index contributed by atoms with van der Waals surface area (Å²) in [4.78, 5) is 0. The molecule has 0 aliphatic rings. The van der Waals surface area contributed by atoms with Crippen LogP contribution in [0.2, 0.25) is 0 Å². The molecule has 0 fully saturated rings. The van der Waals surface area contributed by atoms with E-state index in [1.807, 2.05) is 0 Å². The predicted octanol–water partition coefficient (Wildman–Crippen LogP) is 5.97. The minimum absolute atomic E-state index is 1.10. The van der Waals surface area contributed by atoms with Crippen LogP contribution < -0.4 is 0 Å². The molecule has 0 saturated heterocycles. The van der Waals surface area contributed by atoms with Crippen LogP contribution in [0.25, 0.3) is 11.1 Å². The van der Waals surface area contributed by atoms with Crippen LogP contribution in [-0.4, -0.2) is 0 Å². The summed E-state index contributed by atoms with van der Waals surface area (Å²) in [5.74, 6) is 0. The number of benzene rings is 2. The summed E-state index contributed by atoms with van der Waals surface area (Å²) in [6, 6.07) is 9.53. The molecule has 2 aromatic carbocycles. The van der Waals surface area contributed by atoms with Gasteiger partial charge in [-0.2, -0.15) is 0 Å². The topological polar surface area (TPSA) is 0 Å². The molecule has 0 heterocycles. The normalized spacial score (nSPS) is 11.0. The first kappa shape index (κ1) is 15.8. The van der Waals surface area contributed by atoms with Crippen LogP contribution in [0.15, 0.2) is 24.3 Å². The van der Waals surface area contributed by atoms with E-state index in [9.17, 15) is 0 Å². The van der Waals surface area contributed by atoms with Gasteiger partial charge in [-0.05, 0) is 84.5 Å². The Bertz CT molecular complexity index is 599. The Morgan fingerprint density at radius 1 is 0.667 bits per heavy atom. The number of hydrogen-bond acceptors (Lipinski definition) is 0. The zero-order valence-electron chi connectivity index (χ0n) is 14.4. The molecule has 0 nitrogen and oxygen atoms in total. The zero-order valence-corrected chi connectivity index (χ0v) is 14.4. The van der Waals surface area contributed by atoms with Crippen molar-refractivity contribution in [2.24, 2.45) is 0 Å². The average Bonchev–Trinajstić information content (AvgIpc) is 2.50. The summed E-state index contributed by atoms with van der Waals surface area (Å²) in [6.07, 6.45) is 3.32. The highest BCUT2D eigenvalue weighted by Crippen LogP contribution is 2.33. The maximum atomic E-state index is 2.40. The fourth-order valence-corrected chi connectivity index (χ4v) is 3.15. The predicted molar refractivity (Wildman–Crippen MR) is 94.2 cm³/mol. The van der Waals surface area contributed by atoms with E-state index in [0.717, 1.165) is 19.3 Å². The first-order valence-electron chi connectivity index (χ1n) is 8.24. The van der Waals surface area contributed by atoms with E-state index in [0.29, 0.717) is 0 Å². The molecule has 0 heteroatoms.